The third-order valence-corrected chi connectivity index (χ3v) is 2.69. The van der Waals surface area contributed by atoms with Crippen molar-refractivity contribution in [2.45, 2.75) is 72.6 Å². The lowest BCUT2D eigenvalue weighted by Crippen LogP contribution is -2.40. The van der Waals surface area contributed by atoms with Crippen LogP contribution in [0.2, 0.25) is 0 Å². The van der Waals surface area contributed by atoms with Crippen LogP contribution in [0.15, 0.2) is 30.3 Å². The zero-order valence-corrected chi connectivity index (χ0v) is 16.8. The maximum atomic E-state index is 11.5. The molecule has 1 atom stereocenters. The smallest absolute Gasteiger partial charge is 0.329 e. The van der Waals surface area contributed by atoms with Crippen LogP contribution in [0.4, 0.5) is 0 Å². The molecule has 0 aliphatic carbocycles. The normalized spacial score (nSPS) is 11.0. The predicted molar refractivity (Wildman–Crippen MR) is 102 cm³/mol. The highest BCUT2D eigenvalue weighted by atomic mass is 16.6. The van der Waals surface area contributed by atoms with E-state index in [4.69, 9.17) is 9.47 Å². The van der Waals surface area contributed by atoms with Gasteiger partial charge in [0.15, 0.2) is 0 Å². The Balaban J connectivity index is 0. The third kappa shape index (κ3) is 15.4. The van der Waals surface area contributed by atoms with Crippen LogP contribution in [0.25, 0.3) is 0 Å². The lowest BCUT2D eigenvalue weighted by molar-refractivity contribution is -0.158. The molecular weight excluding hydrogens is 318 g/mol. The summed E-state index contributed by atoms with van der Waals surface area (Å²) < 4.78 is 10.1. The summed E-state index contributed by atoms with van der Waals surface area (Å²) in [6.45, 7) is 12.1. The van der Waals surface area contributed by atoms with Crippen molar-refractivity contribution in [3.05, 3.63) is 35.9 Å². The Morgan fingerprint density at radius 2 is 1.76 bits per heavy atom. The number of benzene rings is 1. The van der Waals surface area contributed by atoms with E-state index >= 15 is 0 Å². The zero-order chi connectivity index (χ0) is 19.7. The monoisotopic (exact) mass is 353 g/mol. The first-order valence-electron chi connectivity index (χ1n) is 8.79. The van der Waals surface area contributed by atoms with Crippen LogP contribution in [-0.4, -0.2) is 31.1 Å². The molecule has 1 amide bonds. The molecule has 5 nitrogen and oxygen atoms in total. The van der Waals surface area contributed by atoms with Gasteiger partial charge in [0, 0.05) is 7.11 Å². The second-order valence-corrected chi connectivity index (χ2v) is 6.08. The average molecular weight is 354 g/mol. The summed E-state index contributed by atoms with van der Waals surface area (Å²) in [6.07, 6.45) is 1.96. The van der Waals surface area contributed by atoms with Gasteiger partial charge in [0.1, 0.15) is 11.6 Å². The number of carbonyl (C=O) groups is 2. The van der Waals surface area contributed by atoms with E-state index in [1.165, 1.54) is 5.56 Å². The van der Waals surface area contributed by atoms with E-state index in [-0.39, 0.29) is 5.97 Å². The largest absolute Gasteiger partial charge is 0.458 e. The molecule has 0 radical (unpaired) electrons. The molecule has 1 unspecified atom stereocenters. The molecule has 1 aromatic rings. The Hall–Kier alpha value is -1.88. The highest BCUT2D eigenvalue weighted by Gasteiger charge is 2.23. The van der Waals surface area contributed by atoms with Crippen LogP contribution in [0.1, 0.15) is 59.9 Å². The number of carbonyl (C=O) groups excluding carboxylic acids is 2. The van der Waals surface area contributed by atoms with E-state index in [2.05, 4.69) is 5.32 Å². The number of nitrogens with one attached hydrogen (secondary N) is 1. The molecule has 1 aromatic carbocycles. The number of rotatable bonds is 7. The fourth-order valence-corrected chi connectivity index (χ4v) is 1.75. The number of hydrogen-bond acceptors (Lipinski definition) is 4. The molecule has 0 fully saturated rings. The molecule has 25 heavy (non-hydrogen) atoms. The van der Waals surface area contributed by atoms with Crippen molar-refractivity contribution in [1.82, 2.24) is 5.32 Å². The molecule has 144 valence electrons. The van der Waals surface area contributed by atoms with Crippen molar-refractivity contribution >= 4 is 12.4 Å². The number of ether oxygens (including phenoxy) is 2. The number of hydrogen-bond donors (Lipinski definition) is 1. The Kier molecular flexibility index (Phi) is 15.9. The standard InChI is InChI=1S/C10H19NO3.C8H10O.C2H6/c1-5-6-8(11-7-12)9(13)14-10(2,3)4;1-9-7-8-5-3-2-4-6-8;1-2/h7-8H,5-6H2,1-4H3,(H,11,12);2-6H,7H2,1H3;1-2H3. The van der Waals surface area contributed by atoms with Gasteiger partial charge in [-0.2, -0.15) is 0 Å². The Morgan fingerprint density at radius 3 is 2.16 bits per heavy atom. The van der Waals surface area contributed by atoms with Crippen molar-refractivity contribution in [1.29, 1.82) is 0 Å². The first kappa shape index (κ1) is 25.4. The predicted octanol–water partition coefficient (Wildman–Crippen LogP) is 4.10. The van der Waals surface area contributed by atoms with E-state index < -0.39 is 11.6 Å². The van der Waals surface area contributed by atoms with Crippen molar-refractivity contribution in [2.75, 3.05) is 7.11 Å². The van der Waals surface area contributed by atoms with Gasteiger partial charge in [0.05, 0.1) is 6.61 Å². The van der Waals surface area contributed by atoms with Gasteiger partial charge < -0.3 is 14.8 Å². The summed E-state index contributed by atoms with van der Waals surface area (Å²) in [5.74, 6) is -0.369. The van der Waals surface area contributed by atoms with Gasteiger partial charge in [0.2, 0.25) is 6.41 Å². The number of amides is 1. The quantitative estimate of drug-likeness (QED) is 0.592. The van der Waals surface area contributed by atoms with Crippen LogP contribution in [-0.2, 0) is 25.7 Å². The van der Waals surface area contributed by atoms with E-state index in [0.29, 0.717) is 19.4 Å². The van der Waals surface area contributed by atoms with Gasteiger partial charge in [-0.1, -0.05) is 57.5 Å². The van der Waals surface area contributed by atoms with Gasteiger partial charge in [-0.05, 0) is 32.8 Å². The molecule has 0 saturated heterocycles. The van der Waals surface area contributed by atoms with Crippen molar-refractivity contribution in [3.8, 4) is 0 Å². The summed E-state index contributed by atoms with van der Waals surface area (Å²) in [7, 11) is 1.70. The lowest BCUT2D eigenvalue weighted by atomic mass is 10.1. The van der Waals surface area contributed by atoms with Crippen LogP contribution in [0.3, 0.4) is 0 Å². The van der Waals surface area contributed by atoms with E-state index in [1.54, 1.807) is 27.9 Å². The van der Waals surface area contributed by atoms with Crippen molar-refractivity contribution < 1.29 is 19.1 Å². The second kappa shape index (κ2) is 15.6. The van der Waals surface area contributed by atoms with Crippen LogP contribution in [0.5, 0.6) is 0 Å². The Bertz CT molecular complexity index is 441. The minimum atomic E-state index is -0.517. The van der Waals surface area contributed by atoms with Crippen LogP contribution in [0, 0.1) is 0 Å². The van der Waals surface area contributed by atoms with Gasteiger partial charge in [0.25, 0.3) is 0 Å². The molecule has 0 aliphatic rings. The van der Waals surface area contributed by atoms with E-state index in [0.717, 1.165) is 6.42 Å². The molecular formula is C20H35NO4. The first-order valence-corrected chi connectivity index (χ1v) is 8.79. The topological polar surface area (TPSA) is 64.6 Å². The molecule has 1 rings (SSSR count). The van der Waals surface area contributed by atoms with Gasteiger partial charge in [-0.15, -0.1) is 0 Å². The summed E-state index contributed by atoms with van der Waals surface area (Å²) in [5, 5.41) is 2.45. The second-order valence-electron chi connectivity index (χ2n) is 6.08. The zero-order valence-electron chi connectivity index (χ0n) is 16.8. The maximum Gasteiger partial charge on any atom is 0.329 e. The van der Waals surface area contributed by atoms with Gasteiger partial charge in [-0.25, -0.2) is 4.79 Å². The van der Waals surface area contributed by atoms with Crippen LogP contribution < -0.4 is 5.32 Å². The molecule has 0 aromatic heterocycles. The highest BCUT2D eigenvalue weighted by Crippen LogP contribution is 2.10. The number of esters is 1. The first-order chi connectivity index (χ1) is 11.8. The Morgan fingerprint density at radius 1 is 1.20 bits per heavy atom. The SMILES string of the molecule is CC.CCCC(NC=O)C(=O)OC(C)(C)C.COCc1ccccc1. The molecule has 5 heteroatoms. The van der Waals surface area contributed by atoms with E-state index in [9.17, 15) is 9.59 Å². The minimum absolute atomic E-state index is 0.369. The van der Waals surface area contributed by atoms with Crippen LogP contribution >= 0.6 is 0 Å². The van der Waals surface area contributed by atoms with Gasteiger partial charge >= 0.3 is 5.97 Å². The average Bonchev–Trinajstić information content (AvgIpc) is 2.57. The Labute approximate surface area is 153 Å². The highest BCUT2D eigenvalue weighted by molar-refractivity contribution is 5.78. The fourth-order valence-electron chi connectivity index (χ4n) is 1.75. The van der Waals surface area contributed by atoms with E-state index in [1.807, 2.05) is 51.1 Å². The summed E-state index contributed by atoms with van der Waals surface area (Å²) >= 11 is 0. The van der Waals surface area contributed by atoms with Crippen molar-refractivity contribution in [2.24, 2.45) is 0 Å². The molecule has 0 bridgehead atoms. The third-order valence-electron chi connectivity index (χ3n) is 2.69. The molecule has 0 heterocycles. The minimum Gasteiger partial charge on any atom is -0.458 e. The molecule has 0 saturated carbocycles. The summed E-state index contributed by atoms with van der Waals surface area (Å²) in [4.78, 5) is 21.7. The maximum absolute atomic E-state index is 11.5. The molecule has 0 aliphatic heterocycles. The number of methoxy groups -OCH3 is 1. The lowest BCUT2D eigenvalue weighted by Gasteiger charge is -2.23. The molecule has 1 N–H and O–H groups in total. The van der Waals surface area contributed by atoms with Gasteiger partial charge in [-0.3, -0.25) is 4.79 Å². The summed E-state index contributed by atoms with van der Waals surface area (Å²) in [6, 6.07) is 9.59. The fraction of sp³-hybridized carbons (Fsp3) is 0.600. The van der Waals surface area contributed by atoms with Crippen molar-refractivity contribution in [3.63, 3.8) is 0 Å². The summed E-state index contributed by atoms with van der Waals surface area (Å²) in [5.41, 5.74) is 0.716. The molecule has 0 spiro atoms.